The monoisotopic (exact) mass is 428 g/mol. The molecule has 1 fully saturated rings. The van der Waals surface area contributed by atoms with Crippen molar-refractivity contribution in [3.63, 3.8) is 0 Å². The molecule has 0 bridgehead atoms. The number of rotatable bonds is 5. The molecule has 4 nitrogen and oxygen atoms in total. The Morgan fingerprint density at radius 3 is 2.64 bits per heavy atom. The van der Waals surface area contributed by atoms with Gasteiger partial charge in [-0.2, -0.15) is 0 Å². The third-order valence-electron chi connectivity index (χ3n) is 4.59. The largest absolute Gasteiger partial charge is 0.333 e. The molecule has 1 saturated heterocycles. The molecular weight excluding hydrogens is 409 g/mol. The second-order valence-electron chi connectivity index (χ2n) is 6.41. The Labute approximate surface area is 173 Å². The first kappa shape index (κ1) is 22.3. The van der Waals surface area contributed by atoms with Crippen LogP contribution in [0.4, 0.5) is 8.78 Å². The highest BCUT2D eigenvalue weighted by Crippen LogP contribution is 2.25. The van der Waals surface area contributed by atoms with E-state index >= 15 is 0 Å². The lowest BCUT2D eigenvalue weighted by Crippen LogP contribution is -2.48. The van der Waals surface area contributed by atoms with Crippen LogP contribution in [0.15, 0.2) is 42.5 Å². The maximum atomic E-state index is 13.7. The average molecular weight is 429 g/mol. The summed E-state index contributed by atoms with van der Waals surface area (Å²) in [5.41, 5.74) is 0.717. The van der Waals surface area contributed by atoms with Crippen LogP contribution in [-0.2, 0) is 4.79 Å². The molecule has 1 N–H and O–H groups in total. The van der Waals surface area contributed by atoms with Gasteiger partial charge in [-0.3, -0.25) is 9.59 Å². The molecule has 2 aromatic rings. The smallest absolute Gasteiger partial charge is 0.223 e. The van der Waals surface area contributed by atoms with Crippen molar-refractivity contribution in [2.45, 2.75) is 18.9 Å². The highest BCUT2D eigenvalue weighted by Gasteiger charge is 2.28. The lowest BCUT2D eigenvalue weighted by molar-refractivity contribution is -0.134. The van der Waals surface area contributed by atoms with Crippen molar-refractivity contribution in [3.05, 3.63) is 70.2 Å². The van der Waals surface area contributed by atoms with E-state index < -0.39 is 17.4 Å². The number of amides is 1. The summed E-state index contributed by atoms with van der Waals surface area (Å²) < 4.78 is 26.7. The molecule has 0 radical (unpaired) electrons. The van der Waals surface area contributed by atoms with Gasteiger partial charge in [0.15, 0.2) is 5.78 Å². The fourth-order valence-electron chi connectivity index (χ4n) is 3.23. The Kier molecular flexibility index (Phi) is 7.92. The minimum absolute atomic E-state index is 0. The number of halogens is 4. The van der Waals surface area contributed by atoms with Crippen LogP contribution in [0.2, 0.25) is 5.02 Å². The van der Waals surface area contributed by atoms with Gasteiger partial charge in [-0.15, -0.1) is 12.4 Å². The molecule has 2 aromatic carbocycles. The van der Waals surface area contributed by atoms with Crippen LogP contribution in [0.25, 0.3) is 0 Å². The zero-order valence-corrected chi connectivity index (χ0v) is 16.5. The van der Waals surface area contributed by atoms with E-state index in [-0.39, 0.29) is 42.8 Å². The van der Waals surface area contributed by atoms with Crippen LogP contribution in [0, 0.1) is 11.6 Å². The van der Waals surface area contributed by atoms with E-state index in [1.54, 1.807) is 11.0 Å². The molecule has 0 saturated carbocycles. The van der Waals surface area contributed by atoms with E-state index in [2.05, 4.69) is 5.32 Å². The molecular formula is C20H20Cl2F2N2O2. The van der Waals surface area contributed by atoms with Crippen LogP contribution in [0.3, 0.4) is 0 Å². The van der Waals surface area contributed by atoms with E-state index in [0.717, 1.165) is 17.7 Å². The van der Waals surface area contributed by atoms with E-state index in [1.165, 1.54) is 0 Å². The number of hydrogen-bond acceptors (Lipinski definition) is 3. The first-order chi connectivity index (χ1) is 13.0. The maximum absolute atomic E-state index is 13.7. The quantitative estimate of drug-likeness (QED) is 0.726. The van der Waals surface area contributed by atoms with Crippen molar-refractivity contribution >= 4 is 35.7 Å². The topological polar surface area (TPSA) is 49.4 Å². The van der Waals surface area contributed by atoms with Gasteiger partial charge < -0.3 is 10.2 Å². The highest BCUT2D eigenvalue weighted by molar-refractivity contribution is 6.30. The Morgan fingerprint density at radius 1 is 1.14 bits per heavy atom. The molecule has 150 valence electrons. The third-order valence-corrected chi connectivity index (χ3v) is 4.83. The number of ketones is 1. The first-order valence-corrected chi connectivity index (χ1v) is 9.07. The molecule has 1 atom stereocenters. The number of Topliss-reactive ketones (excluding diaryl/α,β-unsaturated/α-hetero) is 1. The molecule has 28 heavy (non-hydrogen) atoms. The van der Waals surface area contributed by atoms with Crippen LogP contribution >= 0.6 is 24.0 Å². The Morgan fingerprint density at radius 2 is 1.93 bits per heavy atom. The Balaban J connectivity index is 0.00000280. The lowest BCUT2D eigenvalue weighted by Gasteiger charge is -2.36. The van der Waals surface area contributed by atoms with Crippen molar-refractivity contribution in [3.8, 4) is 0 Å². The van der Waals surface area contributed by atoms with E-state index in [4.69, 9.17) is 11.6 Å². The average Bonchev–Trinajstić information content (AvgIpc) is 2.66. The summed E-state index contributed by atoms with van der Waals surface area (Å²) in [6.07, 6.45) is -0.166. The minimum atomic E-state index is -0.911. The van der Waals surface area contributed by atoms with Gasteiger partial charge in [0.2, 0.25) is 5.91 Å². The van der Waals surface area contributed by atoms with Crippen LogP contribution in [0.5, 0.6) is 0 Å². The fourth-order valence-corrected chi connectivity index (χ4v) is 3.43. The van der Waals surface area contributed by atoms with Gasteiger partial charge in [0.25, 0.3) is 0 Å². The zero-order chi connectivity index (χ0) is 19.4. The minimum Gasteiger partial charge on any atom is -0.333 e. The molecule has 0 spiro atoms. The third kappa shape index (κ3) is 5.28. The van der Waals surface area contributed by atoms with Gasteiger partial charge in [-0.1, -0.05) is 23.7 Å². The standard InChI is InChI=1S/C20H19ClF2N2O2.ClH/c21-14-3-1-2-13(10-14)18-12-24-8-9-25(18)20(27)7-6-19(26)16-5-4-15(22)11-17(16)23;/h1-5,10-11,18,24H,6-9,12H2;1H. The van der Waals surface area contributed by atoms with Crippen LogP contribution < -0.4 is 5.32 Å². The normalized spacial score (nSPS) is 16.4. The summed E-state index contributed by atoms with van der Waals surface area (Å²) in [4.78, 5) is 26.6. The van der Waals surface area contributed by atoms with Crippen molar-refractivity contribution in [1.82, 2.24) is 10.2 Å². The Bertz CT molecular complexity index is 864. The number of nitrogens with zero attached hydrogens (tertiary/aromatic N) is 1. The number of hydrogen-bond donors (Lipinski definition) is 1. The summed E-state index contributed by atoms with van der Waals surface area (Å²) in [6, 6.07) is 9.95. The van der Waals surface area contributed by atoms with Gasteiger partial charge in [-0.05, 0) is 29.8 Å². The van der Waals surface area contributed by atoms with E-state index in [1.807, 2.05) is 18.2 Å². The molecule has 1 aliphatic rings. The van der Waals surface area contributed by atoms with Crippen LogP contribution in [-0.4, -0.2) is 36.2 Å². The number of carbonyl (C=O) groups excluding carboxylic acids is 2. The molecule has 1 amide bonds. The van der Waals surface area contributed by atoms with Gasteiger partial charge in [0.1, 0.15) is 11.6 Å². The molecule has 1 aliphatic heterocycles. The predicted molar refractivity (Wildman–Crippen MR) is 106 cm³/mol. The van der Waals surface area contributed by atoms with E-state index in [0.29, 0.717) is 30.7 Å². The van der Waals surface area contributed by atoms with Crippen molar-refractivity contribution in [1.29, 1.82) is 0 Å². The molecule has 0 aliphatic carbocycles. The first-order valence-electron chi connectivity index (χ1n) is 8.69. The summed E-state index contributed by atoms with van der Waals surface area (Å²) in [5.74, 6) is -2.36. The Hall–Kier alpha value is -2.02. The second kappa shape index (κ2) is 9.96. The van der Waals surface area contributed by atoms with Gasteiger partial charge in [0.05, 0.1) is 11.6 Å². The zero-order valence-electron chi connectivity index (χ0n) is 15.0. The molecule has 8 heteroatoms. The van der Waals surface area contributed by atoms with Gasteiger partial charge in [-0.25, -0.2) is 8.78 Å². The molecule has 3 rings (SSSR count). The number of carbonyl (C=O) groups is 2. The number of benzene rings is 2. The summed E-state index contributed by atoms with van der Waals surface area (Å²) in [5, 5.41) is 3.84. The second-order valence-corrected chi connectivity index (χ2v) is 6.85. The van der Waals surface area contributed by atoms with Crippen molar-refractivity contribution in [2.24, 2.45) is 0 Å². The fraction of sp³-hybridized carbons (Fsp3) is 0.300. The van der Waals surface area contributed by atoms with Gasteiger partial charge in [0, 0.05) is 43.6 Å². The highest BCUT2D eigenvalue weighted by atomic mass is 35.5. The molecule has 1 unspecified atom stereocenters. The molecule has 0 aromatic heterocycles. The SMILES string of the molecule is Cl.O=C(CCC(=O)N1CCNCC1c1cccc(Cl)c1)c1ccc(F)cc1F. The van der Waals surface area contributed by atoms with Crippen molar-refractivity contribution in [2.75, 3.05) is 19.6 Å². The summed E-state index contributed by atoms with van der Waals surface area (Å²) in [7, 11) is 0. The maximum Gasteiger partial charge on any atom is 0.223 e. The molecule has 1 heterocycles. The summed E-state index contributed by atoms with van der Waals surface area (Å²) in [6.45, 7) is 1.76. The summed E-state index contributed by atoms with van der Waals surface area (Å²) >= 11 is 6.06. The predicted octanol–water partition coefficient (Wildman–Crippen LogP) is 4.18. The number of piperazine rings is 1. The number of nitrogens with one attached hydrogen (secondary N) is 1. The van der Waals surface area contributed by atoms with Crippen molar-refractivity contribution < 1.29 is 18.4 Å². The lowest BCUT2D eigenvalue weighted by atomic mass is 10.0. The van der Waals surface area contributed by atoms with E-state index in [9.17, 15) is 18.4 Å². The van der Waals surface area contributed by atoms with Crippen LogP contribution in [0.1, 0.15) is 34.8 Å². The van der Waals surface area contributed by atoms with Gasteiger partial charge >= 0.3 is 0 Å².